The first-order valence-corrected chi connectivity index (χ1v) is 8.10. The van der Waals surface area contributed by atoms with Gasteiger partial charge in [-0.3, -0.25) is 14.9 Å². The number of carboxylic acids is 1. The Labute approximate surface area is 123 Å². The molecule has 0 bridgehead atoms. The van der Waals surface area contributed by atoms with Crippen molar-refractivity contribution in [3.05, 3.63) is 0 Å². The van der Waals surface area contributed by atoms with Crippen molar-refractivity contribution in [3.63, 3.8) is 0 Å². The molecule has 0 aliphatic carbocycles. The van der Waals surface area contributed by atoms with Crippen LogP contribution in [0.25, 0.3) is 0 Å². The van der Waals surface area contributed by atoms with E-state index >= 15 is 0 Å². The summed E-state index contributed by atoms with van der Waals surface area (Å²) in [5, 5.41) is 13.4. The molecule has 0 aromatic carbocycles. The van der Waals surface area contributed by atoms with Crippen molar-refractivity contribution in [2.45, 2.75) is 38.5 Å². The first-order valence-electron chi connectivity index (χ1n) is 6.95. The molecule has 7 heteroatoms. The van der Waals surface area contributed by atoms with Gasteiger partial charge in [-0.2, -0.15) is 11.8 Å². The van der Waals surface area contributed by atoms with E-state index in [2.05, 4.69) is 10.6 Å². The number of hydrogen-bond acceptors (Lipinski definition) is 4. The van der Waals surface area contributed by atoms with Gasteiger partial charge in [0.15, 0.2) is 0 Å². The summed E-state index contributed by atoms with van der Waals surface area (Å²) >= 11 is 1.93. The molecule has 0 aromatic heterocycles. The fourth-order valence-corrected chi connectivity index (χ4v) is 3.19. The quantitative estimate of drug-likeness (QED) is 0.621. The number of amides is 3. The Balaban J connectivity index is 2.05. The SMILES string of the molecule is O=C(O)CCCCC(=O)NC(=O)NCC1CCSCC1. The molecule has 0 saturated carbocycles. The Morgan fingerprint density at radius 1 is 1.10 bits per heavy atom. The van der Waals surface area contributed by atoms with E-state index in [1.54, 1.807) is 0 Å². The van der Waals surface area contributed by atoms with Crippen LogP contribution in [-0.2, 0) is 9.59 Å². The molecular formula is C13H22N2O4S. The van der Waals surface area contributed by atoms with Crippen LogP contribution in [0.5, 0.6) is 0 Å². The average Bonchev–Trinajstić information content (AvgIpc) is 2.42. The standard InChI is InChI=1S/C13H22N2O4S/c16-11(3-1-2-4-12(17)18)15-13(19)14-9-10-5-7-20-8-6-10/h10H,1-9H2,(H,17,18)(H2,14,15,16,19). The number of carbonyl (C=O) groups is 3. The number of carbonyl (C=O) groups excluding carboxylic acids is 2. The third kappa shape index (κ3) is 8.04. The van der Waals surface area contributed by atoms with E-state index in [-0.39, 0.29) is 18.7 Å². The molecule has 1 rings (SSSR count). The van der Waals surface area contributed by atoms with Gasteiger partial charge in [0.1, 0.15) is 0 Å². The van der Waals surface area contributed by atoms with Crippen molar-refractivity contribution in [3.8, 4) is 0 Å². The molecule has 3 amide bonds. The molecule has 1 heterocycles. The maximum atomic E-state index is 11.5. The summed E-state index contributed by atoms with van der Waals surface area (Å²) in [7, 11) is 0. The van der Waals surface area contributed by atoms with Crippen molar-refractivity contribution in [1.82, 2.24) is 10.6 Å². The fourth-order valence-electron chi connectivity index (χ4n) is 1.98. The molecule has 20 heavy (non-hydrogen) atoms. The van der Waals surface area contributed by atoms with Gasteiger partial charge in [-0.05, 0) is 43.1 Å². The van der Waals surface area contributed by atoms with Crippen molar-refractivity contribution < 1.29 is 19.5 Å². The maximum Gasteiger partial charge on any atom is 0.321 e. The van der Waals surface area contributed by atoms with Crippen LogP contribution < -0.4 is 10.6 Å². The van der Waals surface area contributed by atoms with Gasteiger partial charge in [0.2, 0.25) is 5.91 Å². The van der Waals surface area contributed by atoms with E-state index < -0.39 is 12.0 Å². The van der Waals surface area contributed by atoms with Crippen molar-refractivity contribution in [2.24, 2.45) is 5.92 Å². The number of urea groups is 1. The van der Waals surface area contributed by atoms with E-state index in [0.717, 1.165) is 24.3 Å². The Hall–Kier alpha value is -1.24. The summed E-state index contributed by atoms with van der Waals surface area (Å²) in [6.45, 7) is 0.610. The Kier molecular flexibility index (Phi) is 8.10. The lowest BCUT2D eigenvalue weighted by molar-refractivity contribution is -0.137. The molecule has 0 radical (unpaired) electrons. The predicted octanol–water partition coefficient (Wildman–Crippen LogP) is 1.60. The normalized spacial score (nSPS) is 15.6. The third-order valence-electron chi connectivity index (χ3n) is 3.19. The van der Waals surface area contributed by atoms with E-state index in [9.17, 15) is 14.4 Å². The highest BCUT2D eigenvalue weighted by molar-refractivity contribution is 7.99. The second-order valence-corrected chi connectivity index (χ2v) is 6.14. The van der Waals surface area contributed by atoms with Crippen LogP contribution in [0.3, 0.4) is 0 Å². The minimum Gasteiger partial charge on any atom is -0.481 e. The average molecular weight is 302 g/mol. The monoisotopic (exact) mass is 302 g/mol. The smallest absolute Gasteiger partial charge is 0.321 e. The second kappa shape index (κ2) is 9.63. The van der Waals surface area contributed by atoms with Gasteiger partial charge in [-0.15, -0.1) is 0 Å². The Morgan fingerprint density at radius 2 is 1.75 bits per heavy atom. The molecule has 0 spiro atoms. The molecule has 1 saturated heterocycles. The molecule has 0 unspecified atom stereocenters. The summed E-state index contributed by atoms with van der Waals surface area (Å²) in [5.41, 5.74) is 0. The van der Waals surface area contributed by atoms with Crippen LogP contribution in [0.15, 0.2) is 0 Å². The molecule has 3 N–H and O–H groups in total. The zero-order chi connectivity index (χ0) is 14.8. The van der Waals surface area contributed by atoms with Gasteiger partial charge in [0.05, 0.1) is 0 Å². The summed E-state index contributed by atoms with van der Waals surface area (Å²) in [6.07, 6.45) is 3.37. The van der Waals surface area contributed by atoms with Gasteiger partial charge in [0.25, 0.3) is 0 Å². The number of thioether (sulfide) groups is 1. The highest BCUT2D eigenvalue weighted by atomic mass is 32.2. The zero-order valence-corrected chi connectivity index (χ0v) is 12.3. The largest absolute Gasteiger partial charge is 0.481 e. The van der Waals surface area contributed by atoms with Crippen molar-refractivity contribution in [2.75, 3.05) is 18.1 Å². The first kappa shape index (κ1) is 16.8. The highest BCUT2D eigenvalue weighted by Gasteiger charge is 2.15. The molecule has 114 valence electrons. The van der Waals surface area contributed by atoms with Crippen LogP contribution in [-0.4, -0.2) is 41.1 Å². The maximum absolute atomic E-state index is 11.5. The Morgan fingerprint density at radius 3 is 2.40 bits per heavy atom. The highest BCUT2D eigenvalue weighted by Crippen LogP contribution is 2.21. The summed E-state index contributed by atoms with van der Waals surface area (Å²) in [5.74, 6) is 1.56. The number of nitrogens with one attached hydrogen (secondary N) is 2. The molecular weight excluding hydrogens is 280 g/mol. The van der Waals surface area contributed by atoms with Gasteiger partial charge < -0.3 is 10.4 Å². The van der Waals surface area contributed by atoms with E-state index in [0.29, 0.717) is 25.3 Å². The van der Waals surface area contributed by atoms with Crippen LogP contribution in [0.2, 0.25) is 0 Å². The third-order valence-corrected chi connectivity index (χ3v) is 4.24. The topological polar surface area (TPSA) is 95.5 Å². The Bertz CT molecular complexity index is 343. The number of hydrogen-bond donors (Lipinski definition) is 3. The molecule has 6 nitrogen and oxygen atoms in total. The van der Waals surface area contributed by atoms with Crippen LogP contribution in [0, 0.1) is 5.92 Å². The van der Waals surface area contributed by atoms with E-state index in [1.807, 2.05) is 11.8 Å². The zero-order valence-electron chi connectivity index (χ0n) is 11.5. The molecule has 1 aliphatic heterocycles. The van der Waals surface area contributed by atoms with Crippen LogP contribution in [0.4, 0.5) is 4.79 Å². The minimum absolute atomic E-state index is 0.0547. The first-order chi connectivity index (χ1) is 9.58. The van der Waals surface area contributed by atoms with E-state index in [1.165, 1.54) is 0 Å². The van der Waals surface area contributed by atoms with Crippen LogP contribution >= 0.6 is 11.8 Å². The van der Waals surface area contributed by atoms with E-state index in [4.69, 9.17) is 5.11 Å². The van der Waals surface area contributed by atoms with Gasteiger partial charge in [-0.25, -0.2) is 4.79 Å². The number of aliphatic carboxylic acids is 1. The molecule has 0 atom stereocenters. The van der Waals surface area contributed by atoms with Gasteiger partial charge in [-0.1, -0.05) is 0 Å². The summed E-state index contributed by atoms with van der Waals surface area (Å²) < 4.78 is 0. The van der Waals surface area contributed by atoms with Gasteiger partial charge in [0, 0.05) is 19.4 Å². The molecule has 0 aromatic rings. The molecule has 1 aliphatic rings. The van der Waals surface area contributed by atoms with Gasteiger partial charge >= 0.3 is 12.0 Å². The number of rotatable bonds is 7. The number of carboxylic acid groups (broad SMARTS) is 1. The lowest BCUT2D eigenvalue weighted by atomic mass is 10.0. The number of unbranched alkanes of at least 4 members (excludes halogenated alkanes) is 1. The number of imide groups is 1. The lowest BCUT2D eigenvalue weighted by Crippen LogP contribution is -2.41. The fraction of sp³-hybridized carbons (Fsp3) is 0.769. The summed E-state index contributed by atoms with van der Waals surface area (Å²) in [6, 6.07) is -0.452. The summed E-state index contributed by atoms with van der Waals surface area (Å²) in [4.78, 5) is 33.2. The minimum atomic E-state index is -0.867. The predicted molar refractivity (Wildman–Crippen MR) is 77.7 cm³/mol. The van der Waals surface area contributed by atoms with Crippen molar-refractivity contribution >= 4 is 29.7 Å². The molecule has 1 fully saturated rings. The lowest BCUT2D eigenvalue weighted by Gasteiger charge is -2.21. The van der Waals surface area contributed by atoms with Crippen LogP contribution in [0.1, 0.15) is 38.5 Å². The second-order valence-electron chi connectivity index (χ2n) is 4.91. The van der Waals surface area contributed by atoms with Crippen molar-refractivity contribution in [1.29, 1.82) is 0 Å².